The van der Waals surface area contributed by atoms with Crippen LogP contribution in [0.1, 0.15) is 30.7 Å². The van der Waals surface area contributed by atoms with Gasteiger partial charge in [0.15, 0.2) is 0 Å². The molecule has 1 aromatic carbocycles. The molecule has 0 saturated heterocycles. The van der Waals surface area contributed by atoms with Gasteiger partial charge in [0.1, 0.15) is 11.6 Å². The second kappa shape index (κ2) is 6.16. The van der Waals surface area contributed by atoms with E-state index in [9.17, 15) is 4.39 Å². The van der Waals surface area contributed by atoms with Crippen LogP contribution in [-0.4, -0.2) is 6.54 Å². The number of hydrogen-bond donors (Lipinski definition) is 1. The highest BCUT2D eigenvalue weighted by Crippen LogP contribution is 2.30. The molecule has 2 rings (SSSR count). The zero-order chi connectivity index (χ0) is 13.0. The third-order valence-electron chi connectivity index (χ3n) is 2.72. The second-order valence-corrected chi connectivity index (χ2v) is 4.84. The number of benzene rings is 1. The van der Waals surface area contributed by atoms with Gasteiger partial charge in [0.25, 0.3) is 0 Å². The van der Waals surface area contributed by atoms with E-state index in [0.29, 0.717) is 4.47 Å². The molecular formula is C14H15BrFNO. The Bertz CT molecular complexity index is 499. The Hall–Kier alpha value is -1.13. The van der Waals surface area contributed by atoms with Crippen LogP contribution in [0.25, 0.3) is 0 Å². The van der Waals surface area contributed by atoms with Crippen molar-refractivity contribution in [2.24, 2.45) is 0 Å². The zero-order valence-electron chi connectivity index (χ0n) is 10.1. The van der Waals surface area contributed by atoms with Crippen LogP contribution in [-0.2, 0) is 0 Å². The molecule has 0 aliphatic heterocycles. The topological polar surface area (TPSA) is 25.2 Å². The first-order valence-electron chi connectivity index (χ1n) is 5.94. The largest absolute Gasteiger partial charge is 0.467 e. The molecule has 0 aliphatic carbocycles. The fourth-order valence-electron chi connectivity index (χ4n) is 1.85. The molecule has 4 heteroatoms. The molecule has 2 nitrogen and oxygen atoms in total. The molecule has 0 aliphatic rings. The summed E-state index contributed by atoms with van der Waals surface area (Å²) in [5.41, 5.74) is 0.846. The first-order valence-corrected chi connectivity index (χ1v) is 6.74. The molecule has 1 N–H and O–H groups in total. The summed E-state index contributed by atoms with van der Waals surface area (Å²) in [7, 11) is 0. The molecular weight excluding hydrogens is 297 g/mol. The molecule has 0 amide bonds. The number of rotatable bonds is 5. The summed E-state index contributed by atoms with van der Waals surface area (Å²) in [5, 5.41) is 3.37. The van der Waals surface area contributed by atoms with Gasteiger partial charge in [0.05, 0.1) is 16.8 Å². The SMILES string of the molecule is CCCNC(c1ccco1)c1cccc(F)c1Br. The maximum atomic E-state index is 13.6. The van der Waals surface area contributed by atoms with Crippen molar-refractivity contribution in [3.8, 4) is 0 Å². The van der Waals surface area contributed by atoms with E-state index in [-0.39, 0.29) is 11.9 Å². The van der Waals surface area contributed by atoms with E-state index in [4.69, 9.17) is 4.42 Å². The van der Waals surface area contributed by atoms with Crippen molar-refractivity contribution in [2.45, 2.75) is 19.4 Å². The Balaban J connectivity index is 2.37. The summed E-state index contributed by atoms with van der Waals surface area (Å²) in [5.74, 6) is 0.525. The van der Waals surface area contributed by atoms with E-state index in [1.807, 2.05) is 18.2 Å². The molecule has 2 aromatic rings. The van der Waals surface area contributed by atoms with Gasteiger partial charge in [-0.05, 0) is 52.7 Å². The minimum atomic E-state index is -0.262. The number of furan rings is 1. The molecule has 1 heterocycles. The first-order chi connectivity index (χ1) is 8.74. The number of nitrogens with one attached hydrogen (secondary N) is 1. The van der Waals surface area contributed by atoms with Gasteiger partial charge in [0.2, 0.25) is 0 Å². The summed E-state index contributed by atoms with van der Waals surface area (Å²) >= 11 is 3.30. The van der Waals surface area contributed by atoms with Crippen molar-refractivity contribution in [1.82, 2.24) is 5.32 Å². The van der Waals surface area contributed by atoms with Crippen molar-refractivity contribution < 1.29 is 8.81 Å². The van der Waals surface area contributed by atoms with Crippen LogP contribution in [0.5, 0.6) is 0 Å². The molecule has 96 valence electrons. The van der Waals surface area contributed by atoms with Crippen molar-refractivity contribution >= 4 is 15.9 Å². The maximum Gasteiger partial charge on any atom is 0.137 e. The van der Waals surface area contributed by atoms with Crippen molar-refractivity contribution in [3.05, 3.63) is 58.2 Å². The predicted octanol–water partition coefficient (Wildman–Crippen LogP) is 4.27. The van der Waals surface area contributed by atoms with Gasteiger partial charge >= 0.3 is 0 Å². The van der Waals surface area contributed by atoms with E-state index in [1.165, 1.54) is 6.07 Å². The minimum absolute atomic E-state index is 0.134. The van der Waals surface area contributed by atoms with Gasteiger partial charge in [-0.2, -0.15) is 0 Å². The fraction of sp³-hybridized carbons (Fsp3) is 0.286. The second-order valence-electron chi connectivity index (χ2n) is 4.05. The Labute approximate surface area is 114 Å². The molecule has 0 bridgehead atoms. The average molecular weight is 312 g/mol. The highest BCUT2D eigenvalue weighted by molar-refractivity contribution is 9.10. The lowest BCUT2D eigenvalue weighted by atomic mass is 10.0. The fourth-order valence-corrected chi connectivity index (χ4v) is 2.34. The lowest BCUT2D eigenvalue weighted by Gasteiger charge is -2.18. The average Bonchev–Trinajstić information content (AvgIpc) is 2.88. The minimum Gasteiger partial charge on any atom is -0.467 e. The van der Waals surface area contributed by atoms with E-state index in [0.717, 1.165) is 24.3 Å². The van der Waals surface area contributed by atoms with Crippen molar-refractivity contribution in [3.63, 3.8) is 0 Å². The Morgan fingerprint density at radius 1 is 1.33 bits per heavy atom. The molecule has 18 heavy (non-hydrogen) atoms. The molecule has 0 radical (unpaired) electrons. The van der Waals surface area contributed by atoms with Crippen LogP contribution in [0.4, 0.5) is 4.39 Å². The maximum absolute atomic E-state index is 13.6. The van der Waals surface area contributed by atoms with Crippen molar-refractivity contribution in [1.29, 1.82) is 0 Å². The van der Waals surface area contributed by atoms with Crippen LogP contribution >= 0.6 is 15.9 Å². The van der Waals surface area contributed by atoms with Crippen LogP contribution in [0, 0.1) is 5.82 Å². The van der Waals surface area contributed by atoms with Crippen LogP contribution < -0.4 is 5.32 Å². The lowest BCUT2D eigenvalue weighted by molar-refractivity contribution is 0.444. The van der Waals surface area contributed by atoms with Crippen molar-refractivity contribution in [2.75, 3.05) is 6.54 Å². The first kappa shape index (κ1) is 13.3. The smallest absolute Gasteiger partial charge is 0.137 e. The summed E-state index contributed by atoms with van der Waals surface area (Å²) in [6, 6.07) is 8.63. The highest BCUT2D eigenvalue weighted by atomic mass is 79.9. The predicted molar refractivity (Wildman–Crippen MR) is 72.9 cm³/mol. The van der Waals surface area contributed by atoms with Crippen LogP contribution in [0.3, 0.4) is 0 Å². The van der Waals surface area contributed by atoms with E-state index in [2.05, 4.69) is 28.2 Å². The molecule has 1 aromatic heterocycles. The standard InChI is InChI=1S/C14H15BrFNO/c1-2-8-17-14(12-7-4-9-18-12)10-5-3-6-11(16)13(10)15/h3-7,9,14,17H,2,8H2,1H3. The molecule has 0 spiro atoms. The molecule has 1 unspecified atom stereocenters. The third kappa shape index (κ3) is 2.82. The van der Waals surface area contributed by atoms with E-state index >= 15 is 0 Å². The summed E-state index contributed by atoms with van der Waals surface area (Å²) in [4.78, 5) is 0. The molecule has 1 atom stereocenters. The Morgan fingerprint density at radius 3 is 2.83 bits per heavy atom. The van der Waals surface area contributed by atoms with Gasteiger partial charge in [0, 0.05) is 0 Å². The molecule has 0 fully saturated rings. The van der Waals surface area contributed by atoms with E-state index < -0.39 is 0 Å². The quantitative estimate of drug-likeness (QED) is 0.892. The lowest BCUT2D eigenvalue weighted by Crippen LogP contribution is -2.23. The van der Waals surface area contributed by atoms with Gasteiger partial charge < -0.3 is 9.73 Å². The highest BCUT2D eigenvalue weighted by Gasteiger charge is 2.20. The summed E-state index contributed by atoms with van der Waals surface area (Å²) < 4.78 is 19.5. The van der Waals surface area contributed by atoms with Gasteiger partial charge in [-0.15, -0.1) is 0 Å². The monoisotopic (exact) mass is 311 g/mol. The summed E-state index contributed by atoms with van der Waals surface area (Å²) in [6.45, 7) is 2.93. The van der Waals surface area contributed by atoms with Gasteiger partial charge in [-0.3, -0.25) is 0 Å². The summed E-state index contributed by atoms with van der Waals surface area (Å²) in [6.07, 6.45) is 2.63. The molecule has 0 saturated carbocycles. The van der Waals surface area contributed by atoms with Crippen LogP contribution in [0.15, 0.2) is 45.5 Å². The number of hydrogen-bond acceptors (Lipinski definition) is 2. The zero-order valence-corrected chi connectivity index (χ0v) is 11.7. The van der Waals surface area contributed by atoms with E-state index in [1.54, 1.807) is 12.3 Å². The third-order valence-corrected chi connectivity index (χ3v) is 3.56. The van der Waals surface area contributed by atoms with Gasteiger partial charge in [-0.1, -0.05) is 19.1 Å². The Morgan fingerprint density at radius 2 is 2.17 bits per heavy atom. The number of halogens is 2. The van der Waals surface area contributed by atoms with Gasteiger partial charge in [-0.25, -0.2) is 4.39 Å². The Kier molecular flexibility index (Phi) is 4.55. The van der Waals surface area contributed by atoms with Crippen LogP contribution in [0.2, 0.25) is 0 Å². The normalized spacial score (nSPS) is 12.6.